The van der Waals surface area contributed by atoms with Crippen molar-refractivity contribution in [2.75, 3.05) is 0 Å². The van der Waals surface area contributed by atoms with Crippen molar-refractivity contribution in [3.63, 3.8) is 0 Å². The summed E-state index contributed by atoms with van der Waals surface area (Å²) in [4.78, 5) is 10.7. The number of rotatable bonds is 5. The molecule has 0 amide bonds. The lowest BCUT2D eigenvalue weighted by Crippen LogP contribution is -2.23. The molecule has 1 heterocycles. The summed E-state index contributed by atoms with van der Waals surface area (Å²) < 4.78 is 31.0. The van der Waals surface area contributed by atoms with Crippen molar-refractivity contribution in [1.82, 2.24) is 9.88 Å². The number of hydrogen-bond acceptors (Lipinski definition) is 5. The van der Waals surface area contributed by atoms with Gasteiger partial charge in [0.05, 0.1) is 28.2 Å². The number of hydrogen-bond donors (Lipinski definition) is 2. The number of nitrogens with zero attached hydrogens (tertiary/aromatic N) is 1. The molecule has 0 bridgehead atoms. The lowest BCUT2D eigenvalue weighted by molar-refractivity contribution is 0.0697. The molecule has 0 aliphatic heterocycles. The van der Waals surface area contributed by atoms with Crippen LogP contribution in [0.1, 0.15) is 16.1 Å². The van der Waals surface area contributed by atoms with Gasteiger partial charge in [-0.25, -0.2) is 17.9 Å². The molecule has 0 unspecified atom stereocenters. The number of carboxylic acids is 1. The van der Waals surface area contributed by atoms with E-state index in [2.05, 4.69) is 9.88 Å². The maximum absolute atomic E-state index is 12.0. The Morgan fingerprint density at radius 3 is 2.70 bits per heavy atom. The van der Waals surface area contributed by atoms with Crippen LogP contribution < -0.4 is 4.72 Å². The van der Waals surface area contributed by atoms with E-state index in [1.54, 1.807) is 0 Å². The number of carboxylic acid groups (broad SMARTS) is 1. The van der Waals surface area contributed by atoms with E-state index >= 15 is 0 Å². The molecule has 0 saturated heterocycles. The number of nitrogens with one attached hydrogen (secondary N) is 1. The van der Waals surface area contributed by atoms with Gasteiger partial charge in [-0.3, -0.25) is 0 Å². The summed E-state index contributed by atoms with van der Waals surface area (Å²) in [6.45, 7) is -0.0688. The Labute approximate surface area is 119 Å². The minimum atomic E-state index is -3.82. The van der Waals surface area contributed by atoms with Crippen molar-refractivity contribution in [1.29, 1.82) is 0 Å². The topological polar surface area (TPSA) is 110 Å². The number of sulfonamides is 1. The van der Waals surface area contributed by atoms with Gasteiger partial charge in [0.25, 0.3) is 0 Å². The average Bonchev–Trinajstić information content (AvgIpc) is 2.89. The molecule has 0 aliphatic rings. The summed E-state index contributed by atoms with van der Waals surface area (Å²) in [5, 5.41) is 12.1. The maximum Gasteiger partial charge on any atom is 0.337 e. The molecule has 1 aromatic heterocycles. The average molecular weight is 317 g/mol. The first kappa shape index (κ1) is 14.5. The zero-order chi connectivity index (χ0) is 14.8. The van der Waals surface area contributed by atoms with Crippen LogP contribution in [0.4, 0.5) is 0 Å². The first-order chi connectivity index (χ1) is 9.40. The number of carbonyl (C=O) groups is 1. The highest BCUT2D eigenvalue weighted by Crippen LogP contribution is 2.21. The SMILES string of the molecule is O=C(O)c1ccc(S(=O)(=O)NCc2ccno2)cc1Cl. The first-order valence-corrected chi connectivity index (χ1v) is 7.18. The van der Waals surface area contributed by atoms with Crippen LogP contribution in [-0.2, 0) is 16.6 Å². The Kier molecular flexibility index (Phi) is 4.07. The molecule has 0 radical (unpaired) electrons. The summed E-state index contributed by atoms with van der Waals surface area (Å²) in [5.41, 5.74) is -0.166. The molecule has 0 fully saturated rings. The third-order valence-electron chi connectivity index (χ3n) is 2.41. The molecule has 9 heteroatoms. The molecule has 2 aromatic rings. The molecule has 106 valence electrons. The van der Waals surface area contributed by atoms with Gasteiger partial charge in [0.2, 0.25) is 10.0 Å². The molecule has 2 N–H and O–H groups in total. The Morgan fingerprint density at radius 1 is 1.40 bits per heavy atom. The van der Waals surface area contributed by atoms with E-state index < -0.39 is 16.0 Å². The van der Waals surface area contributed by atoms with Gasteiger partial charge in [0.15, 0.2) is 5.76 Å². The van der Waals surface area contributed by atoms with Gasteiger partial charge in [0, 0.05) is 6.07 Å². The predicted octanol–water partition coefficient (Wildman–Crippen LogP) is 1.50. The Hall–Kier alpha value is -1.90. The Balaban J connectivity index is 2.21. The van der Waals surface area contributed by atoms with Gasteiger partial charge in [-0.05, 0) is 18.2 Å². The molecule has 0 saturated carbocycles. The molecular weight excluding hydrogens is 308 g/mol. The third-order valence-corrected chi connectivity index (χ3v) is 4.12. The number of aromatic nitrogens is 1. The smallest absolute Gasteiger partial charge is 0.337 e. The monoisotopic (exact) mass is 316 g/mol. The highest BCUT2D eigenvalue weighted by Gasteiger charge is 2.18. The Morgan fingerprint density at radius 2 is 2.15 bits per heavy atom. The fraction of sp³-hybridized carbons (Fsp3) is 0.0909. The van der Waals surface area contributed by atoms with Crippen molar-refractivity contribution in [3.05, 3.63) is 46.8 Å². The van der Waals surface area contributed by atoms with Crippen LogP contribution in [0, 0.1) is 0 Å². The van der Waals surface area contributed by atoms with Crippen LogP contribution in [0.25, 0.3) is 0 Å². The maximum atomic E-state index is 12.0. The second-order valence-electron chi connectivity index (χ2n) is 3.75. The molecule has 0 spiro atoms. The van der Waals surface area contributed by atoms with E-state index in [1.807, 2.05) is 0 Å². The van der Waals surface area contributed by atoms with Crippen LogP contribution in [0.15, 0.2) is 39.9 Å². The number of benzene rings is 1. The van der Waals surface area contributed by atoms with Crippen LogP contribution in [0.5, 0.6) is 0 Å². The van der Waals surface area contributed by atoms with E-state index in [-0.39, 0.29) is 22.0 Å². The zero-order valence-corrected chi connectivity index (χ0v) is 11.5. The second-order valence-corrected chi connectivity index (χ2v) is 5.92. The van der Waals surface area contributed by atoms with Crippen LogP contribution >= 0.6 is 11.6 Å². The van der Waals surface area contributed by atoms with E-state index in [1.165, 1.54) is 12.3 Å². The van der Waals surface area contributed by atoms with Crippen LogP contribution in [0.2, 0.25) is 5.02 Å². The zero-order valence-electron chi connectivity index (χ0n) is 9.91. The van der Waals surface area contributed by atoms with E-state index in [9.17, 15) is 13.2 Å². The van der Waals surface area contributed by atoms with E-state index in [4.69, 9.17) is 21.2 Å². The fourth-order valence-corrected chi connectivity index (χ4v) is 2.76. The standard InChI is InChI=1S/C11H9ClN2O5S/c12-10-5-8(1-2-9(10)11(15)16)20(17,18)14-6-7-3-4-13-19-7/h1-5,14H,6H2,(H,15,16). The number of aromatic carboxylic acids is 1. The van der Waals surface area contributed by atoms with Gasteiger partial charge in [-0.2, -0.15) is 0 Å². The van der Waals surface area contributed by atoms with Gasteiger partial charge < -0.3 is 9.63 Å². The number of halogens is 1. The van der Waals surface area contributed by atoms with Gasteiger partial charge in [0.1, 0.15) is 0 Å². The minimum absolute atomic E-state index is 0.0688. The van der Waals surface area contributed by atoms with Gasteiger partial charge in [-0.15, -0.1) is 0 Å². The van der Waals surface area contributed by atoms with E-state index in [0.717, 1.165) is 18.2 Å². The second kappa shape index (κ2) is 5.61. The third kappa shape index (κ3) is 3.16. The lowest BCUT2D eigenvalue weighted by atomic mass is 10.2. The fourth-order valence-electron chi connectivity index (χ4n) is 1.42. The summed E-state index contributed by atoms with van der Waals surface area (Å²) >= 11 is 5.73. The first-order valence-electron chi connectivity index (χ1n) is 5.32. The minimum Gasteiger partial charge on any atom is -0.478 e. The molecule has 0 atom stereocenters. The van der Waals surface area contributed by atoms with Crippen LogP contribution in [-0.4, -0.2) is 24.7 Å². The summed E-state index contributed by atoms with van der Waals surface area (Å²) in [5.74, 6) is -0.879. The predicted molar refractivity (Wildman–Crippen MR) is 68.9 cm³/mol. The molecule has 0 aliphatic carbocycles. The quantitative estimate of drug-likeness (QED) is 0.865. The molecule has 20 heavy (non-hydrogen) atoms. The summed E-state index contributed by atoms with van der Waals surface area (Å²) in [7, 11) is -3.82. The van der Waals surface area contributed by atoms with E-state index in [0.29, 0.717) is 5.76 Å². The molecular formula is C11H9ClN2O5S. The summed E-state index contributed by atoms with van der Waals surface area (Å²) in [6.07, 6.45) is 1.39. The summed E-state index contributed by atoms with van der Waals surface area (Å²) in [6, 6.07) is 4.89. The van der Waals surface area contributed by atoms with Crippen molar-refractivity contribution in [2.24, 2.45) is 0 Å². The highest BCUT2D eigenvalue weighted by atomic mass is 35.5. The highest BCUT2D eigenvalue weighted by molar-refractivity contribution is 7.89. The van der Waals surface area contributed by atoms with Gasteiger partial charge in [-0.1, -0.05) is 16.8 Å². The van der Waals surface area contributed by atoms with Crippen molar-refractivity contribution in [3.8, 4) is 0 Å². The lowest BCUT2D eigenvalue weighted by Gasteiger charge is -2.06. The van der Waals surface area contributed by atoms with Crippen LogP contribution in [0.3, 0.4) is 0 Å². The molecule has 7 nitrogen and oxygen atoms in total. The van der Waals surface area contributed by atoms with Crippen molar-refractivity contribution < 1.29 is 22.8 Å². The Bertz CT molecular complexity index is 727. The largest absolute Gasteiger partial charge is 0.478 e. The molecule has 1 aromatic carbocycles. The van der Waals surface area contributed by atoms with Gasteiger partial charge >= 0.3 is 5.97 Å². The molecule has 2 rings (SSSR count). The normalized spacial score (nSPS) is 11.4. The van der Waals surface area contributed by atoms with Crippen molar-refractivity contribution in [2.45, 2.75) is 11.4 Å². The van der Waals surface area contributed by atoms with Crippen molar-refractivity contribution >= 4 is 27.6 Å².